The molecule has 1 fully saturated rings. The number of ether oxygens (including phenoxy) is 1. The van der Waals surface area contributed by atoms with Crippen LogP contribution >= 0.6 is 12.2 Å². The third kappa shape index (κ3) is 4.12. The van der Waals surface area contributed by atoms with Gasteiger partial charge < -0.3 is 15.8 Å². The van der Waals surface area contributed by atoms with Gasteiger partial charge in [-0.15, -0.1) is 0 Å². The van der Waals surface area contributed by atoms with Crippen LogP contribution in [0, 0.1) is 5.82 Å². The molecule has 2 rings (SSSR count). The Morgan fingerprint density at radius 2 is 2.38 bits per heavy atom. The molecule has 1 aliphatic rings. The molecule has 21 heavy (non-hydrogen) atoms. The number of carbonyl (C=O) groups is 1. The van der Waals surface area contributed by atoms with Crippen molar-refractivity contribution >= 4 is 23.3 Å². The zero-order valence-corrected chi connectivity index (χ0v) is 12.6. The highest BCUT2D eigenvalue weighted by Crippen LogP contribution is 2.17. The molecule has 7 heteroatoms. The van der Waals surface area contributed by atoms with Gasteiger partial charge in [-0.1, -0.05) is 24.4 Å². The van der Waals surface area contributed by atoms with Crippen molar-refractivity contribution in [1.82, 2.24) is 10.2 Å². The number of carbonyl (C=O) groups excluding carboxylic acids is 1. The number of likely N-dealkylation sites (tertiary alicyclic amines) is 1. The molecule has 1 heterocycles. The molecule has 1 amide bonds. The maximum Gasteiger partial charge on any atom is 0.407 e. The standard InChI is InChI=1S/C14H18FN3O2S/c1-20-14(19)17-11-4-5-18(8-11)7-10-3-2-9(13(16)21)6-12(10)15/h2-3,6,11H,4-5,7-8H2,1H3,(H2,16,21)(H,17,19). The second-order valence-electron chi connectivity index (χ2n) is 5.03. The molecule has 5 nitrogen and oxygen atoms in total. The van der Waals surface area contributed by atoms with E-state index < -0.39 is 6.09 Å². The van der Waals surface area contributed by atoms with E-state index >= 15 is 0 Å². The predicted octanol–water partition coefficient (Wildman–Crippen LogP) is 1.39. The van der Waals surface area contributed by atoms with Crippen molar-refractivity contribution in [1.29, 1.82) is 0 Å². The van der Waals surface area contributed by atoms with Gasteiger partial charge in [-0.3, -0.25) is 4.90 Å². The van der Waals surface area contributed by atoms with Crippen LogP contribution in [0.4, 0.5) is 9.18 Å². The number of nitrogens with one attached hydrogen (secondary N) is 1. The van der Waals surface area contributed by atoms with E-state index in [1.54, 1.807) is 12.1 Å². The maximum absolute atomic E-state index is 14.0. The van der Waals surface area contributed by atoms with E-state index in [1.165, 1.54) is 13.2 Å². The van der Waals surface area contributed by atoms with Gasteiger partial charge in [0.1, 0.15) is 10.8 Å². The highest BCUT2D eigenvalue weighted by molar-refractivity contribution is 7.80. The van der Waals surface area contributed by atoms with Crippen LogP contribution < -0.4 is 11.1 Å². The Morgan fingerprint density at radius 1 is 1.62 bits per heavy atom. The van der Waals surface area contributed by atoms with E-state index in [9.17, 15) is 9.18 Å². The molecule has 1 aliphatic heterocycles. The second kappa shape index (κ2) is 6.82. The number of rotatable bonds is 4. The molecule has 0 radical (unpaired) electrons. The van der Waals surface area contributed by atoms with Crippen LogP contribution in [-0.2, 0) is 11.3 Å². The first-order chi connectivity index (χ1) is 9.99. The topological polar surface area (TPSA) is 67.6 Å². The summed E-state index contributed by atoms with van der Waals surface area (Å²) in [7, 11) is 1.33. The molecule has 0 aromatic heterocycles. The summed E-state index contributed by atoms with van der Waals surface area (Å²) in [6.07, 6.45) is 0.385. The Kier molecular flexibility index (Phi) is 5.08. The number of methoxy groups -OCH3 is 1. The van der Waals surface area contributed by atoms with Gasteiger partial charge in [-0.2, -0.15) is 0 Å². The number of halogens is 1. The quantitative estimate of drug-likeness (QED) is 0.823. The van der Waals surface area contributed by atoms with Crippen molar-refractivity contribution in [3.8, 4) is 0 Å². The minimum atomic E-state index is -0.436. The molecular weight excluding hydrogens is 293 g/mol. The van der Waals surface area contributed by atoms with E-state index in [1.807, 2.05) is 0 Å². The lowest BCUT2D eigenvalue weighted by Gasteiger charge is -2.17. The number of thiocarbonyl (C=S) groups is 1. The summed E-state index contributed by atoms with van der Waals surface area (Å²) in [6.45, 7) is 1.96. The second-order valence-corrected chi connectivity index (χ2v) is 5.47. The molecule has 3 N–H and O–H groups in total. The van der Waals surface area contributed by atoms with Crippen LogP contribution in [0.2, 0.25) is 0 Å². The van der Waals surface area contributed by atoms with Crippen molar-refractivity contribution in [2.45, 2.75) is 19.0 Å². The Bertz CT molecular complexity index is 553. The van der Waals surface area contributed by atoms with Gasteiger partial charge in [-0.05, 0) is 12.5 Å². The first-order valence-electron chi connectivity index (χ1n) is 6.64. The summed E-state index contributed by atoms with van der Waals surface area (Å²) >= 11 is 4.82. The van der Waals surface area contributed by atoms with Crippen molar-refractivity contribution in [3.63, 3.8) is 0 Å². The average molecular weight is 311 g/mol. The summed E-state index contributed by atoms with van der Waals surface area (Å²) in [5.74, 6) is -0.315. The molecule has 1 unspecified atom stereocenters. The van der Waals surface area contributed by atoms with Crippen LogP contribution in [0.25, 0.3) is 0 Å². The Labute approximate surface area is 128 Å². The summed E-state index contributed by atoms with van der Waals surface area (Å²) in [4.78, 5) is 13.4. The number of nitrogens with zero attached hydrogens (tertiary/aromatic N) is 1. The van der Waals surface area contributed by atoms with Gasteiger partial charge in [0, 0.05) is 36.8 Å². The Balaban J connectivity index is 1.94. The molecule has 0 saturated carbocycles. The van der Waals surface area contributed by atoms with Crippen LogP contribution in [-0.4, -0.2) is 42.2 Å². The SMILES string of the molecule is COC(=O)NC1CCN(Cc2ccc(C(N)=S)cc2F)C1. The normalized spacial score (nSPS) is 18.5. The van der Waals surface area contributed by atoms with Gasteiger partial charge in [0.2, 0.25) is 0 Å². The van der Waals surface area contributed by atoms with Crippen LogP contribution in [0.5, 0.6) is 0 Å². The fraction of sp³-hybridized carbons (Fsp3) is 0.429. The van der Waals surface area contributed by atoms with Crippen molar-refractivity contribution in [2.75, 3.05) is 20.2 Å². The Morgan fingerprint density at radius 3 is 3.00 bits per heavy atom. The summed E-state index contributed by atoms with van der Waals surface area (Å²) < 4.78 is 18.6. The third-order valence-corrected chi connectivity index (χ3v) is 3.75. The lowest BCUT2D eigenvalue weighted by Crippen LogP contribution is -2.36. The fourth-order valence-electron chi connectivity index (χ4n) is 2.39. The molecule has 0 spiro atoms. The summed E-state index contributed by atoms with van der Waals surface area (Å²) in [5.41, 5.74) is 6.59. The fourth-order valence-corrected chi connectivity index (χ4v) is 2.52. The first kappa shape index (κ1) is 15.7. The van der Waals surface area contributed by atoms with Crippen LogP contribution in [0.15, 0.2) is 18.2 Å². The van der Waals surface area contributed by atoms with E-state index in [-0.39, 0.29) is 16.8 Å². The minimum Gasteiger partial charge on any atom is -0.453 e. The first-order valence-corrected chi connectivity index (χ1v) is 7.05. The molecule has 114 valence electrons. The van der Waals surface area contributed by atoms with Gasteiger partial charge in [-0.25, -0.2) is 9.18 Å². The monoisotopic (exact) mass is 311 g/mol. The minimum absolute atomic E-state index is 0.0383. The molecular formula is C14H18FN3O2S. The number of alkyl carbamates (subject to hydrolysis) is 1. The number of nitrogens with two attached hydrogens (primary N) is 1. The van der Waals surface area contributed by atoms with E-state index in [4.69, 9.17) is 18.0 Å². The van der Waals surface area contributed by atoms with E-state index in [0.29, 0.717) is 24.2 Å². The zero-order valence-electron chi connectivity index (χ0n) is 11.8. The van der Waals surface area contributed by atoms with Crippen molar-refractivity contribution in [3.05, 3.63) is 35.1 Å². The van der Waals surface area contributed by atoms with Gasteiger partial charge in [0.25, 0.3) is 0 Å². The van der Waals surface area contributed by atoms with Crippen LogP contribution in [0.3, 0.4) is 0 Å². The molecule has 1 aromatic rings. The highest BCUT2D eigenvalue weighted by atomic mass is 32.1. The van der Waals surface area contributed by atoms with Gasteiger partial charge in [0.05, 0.1) is 7.11 Å². The number of hydrogen-bond donors (Lipinski definition) is 2. The van der Waals surface area contributed by atoms with Crippen molar-refractivity contribution in [2.24, 2.45) is 5.73 Å². The molecule has 1 aromatic carbocycles. The van der Waals surface area contributed by atoms with Crippen molar-refractivity contribution < 1.29 is 13.9 Å². The highest BCUT2D eigenvalue weighted by Gasteiger charge is 2.24. The van der Waals surface area contributed by atoms with Crippen LogP contribution in [0.1, 0.15) is 17.5 Å². The Hall–Kier alpha value is -1.73. The molecule has 0 aliphatic carbocycles. The van der Waals surface area contributed by atoms with Gasteiger partial charge >= 0.3 is 6.09 Å². The maximum atomic E-state index is 14.0. The average Bonchev–Trinajstić information content (AvgIpc) is 2.88. The summed E-state index contributed by atoms with van der Waals surface area (Å²) in [5, 5.41) is 2.75. The third-order valence-electron chi connectivity index (χ3n) is 3.51. The lowest BCUT2D eigenvalue weighted by molar-refractivity contribution is 0.166. The number of amides is 1. The molecule has 0 bridgehead atoms. The predicted molar refractivity (Wildman–Crippen MR) is 81.5 cm³/mol. The molecule has 1 saturated heterocycles. The lowest BCUT2D eigenvalue weighted by atomic mass is 10.1. The van der Waals surface area contributed by atoms with Gasteiger partial charge in [0.15, 0.2) is 0 Å². The zero-order chi connectivity index (χ0) is 15.4. The number of hydrogen-bond acceptors (Lipinski definition) is 4. The summed E-state index contributed by atoms with van der Waals surface area (Å²) in [6, 6.07) is 4.82. The molecule has 1 atom stereocenters. The van der Waals surface area contributed by atoms with E-state index in [0.717, 1.165) is 13.0 Å². The van der Waals surface area contributed by atoms with E-state index in [2.05, 4.69) is 15.0 Å². The largest absolute Gasteiger partial charge is 0.453 e. The number of benzene rings is 1. The smallest absolute Gasteiger partial charge is 0.407 e.